The van der Waals surface area contributed by atoms with Gasteiger partial charge in [0.1, 0.15) is 5.75 Å². The summed E-state index contributed by atoms with van der Waals surface area (Å²) in [5.74, 6) is 0.287. The van der Waals surface area contributed by atoms with Crippen molar-refractivity contribution in [1.29, 1.82) is 0 Å². The first kappa shape index (κ1) is 7.08. The average Bonchev–Trinajstić information content (AvgIpc) is 2.24. The summed E-state index contributed by atoms with van der Waals surface area (Å²) < 4.78 is 0. The van der Waals surface area contributed by atoms with Gasteiger partial charge in [0.15, 0.2) is 0 Å². The van der Waals surface area contributed by atoms with E-state index in [0.717, 1.165) is 0 Å². The van der Waals surface area contributed by atoms with E-state index in [1.54, 1.807) is 12.3 Å². The molecule has 0 saturated heterocycles. The molecule has 0 aliphatic rings. The molecular weight excluding hydrogens is 102 g/mol. The molecule has 2 heteroatoms. The van der Waals surface area contributed by atoms with Gasteiger partial charge in [-0.2, -0.15) is 0 Å². The first-order chi connectivity index (χ1) is 3.89. The highest BCUT2D eigenvalue weighted by Crippen LogP contribution is 2.00. The summed E-state index contributed by atoms with van der Waals surface area (Å²) in [4.78, 5) is 2.68. The van der Waals surface area contributed by atoms with Crippen LogP contribution >= 0.6 is 0 Å². The second-order valence-corrected chi connectivity index (χ2v) is 1.07. The molecular formula is C6H11NO. The van der Waals surface area contributed by atoms with Gasteiger partial charge >= 0.3 is 0 Å². The molecule has 0 atom stereocenters. The van der Waals surface area contributed by atoms with Crippen molar-refractivity contribution >= 4 is 0 Å². The molecule has 1 aromatic rings. The van der Waals surface area contributed by atoms with Crippen LogP contribution in [0.2, 0.25) is 0 Å². The minimum atomic E-state index is 0.287. The Morgan fingerprint density at radius 3 is 2.25 bits per heavy atom. The lowest BCUT2D eigenvalue weighted by Crippen LogP contribution is -1.44. The van der Waals surface area contributed by atoms with Crippen LogP contribution in [0.15, 0.2) is 18.5 Å². The van der Waals surface area contributed by atoms with E-state index in [9.17, 15) is 0 Å². The monoisotopic (exact) mass is 113 g/mol. The summed E-state index contributed by atoms with van der Waals surface area (Å²) >= 11 is 0. The summed E-state index contributed by atoms with van der Waals surface area (Å²) in [6.45, 7) is 4.00. The van der Waals surface area contributed by atoms with Gasteiger partial charge in [-0.25, -0.2) is 0 Å². The maximum absolute atomic E-state index is 8.44. The fourth-order valence-electron chi connectivity index (χ4n) is 0.315. The van der Waals surface area contributed by atoms with Crippen LogP contribution in [0.5, 0.6) is 5.75 Å². The molecule has 0 bridgehead atoms. The van der Waals surface area contributed by atoms with Gasteiger partial charge in [-0.1, -0.05) is 13.8 Å². The Labute approximate surface area is 49.2 Å². The fraction of sp³-hybridized carbons (Fsp3) is 0.333. The van der Waals surface area contributed by atoms with E-state index in [-0.39, 0.29) is 5.75 Å². The topological polar surface area (TPSA) is 36.0 Å². The minimum Gasteiger partial charge on any atom is -0.506 e. The molecule has 0 radical (unpaired) electrons. The third-order valence-corrected chi connectivity index (χ3v) is 0.582. The minimum absolute atomic E-state index is 0.287. The molecule has 0 amide bonds. The van der Waals surface area contributed by atoms with Gasteiger partial charge < -0.3 is 10.1 Å². The van der Waals surface area contributed by atoms with Gasteiger partial charge in [-0.05, 0) is 6.07 Å². The Kier molecular flexibility index (Phi) is 3.76. The van der Waals surface area contributed by atoms with E-state index in [1.807, 2.05) is 13.8 Å². The van der Waals surface area contributed by atoms with E-state index in [0.29, 0.717) is 0 Å². The number of nitrogens with one attached hydrogen (secondary N) is 1. The molecule has 1 aromatic heterocycles. The summed E-state index contributed by atoms with van der Waals surface area (Å²) in [5.41, 5.74) is 0. The first-order valence-corrected chi connectivity index (χ1v) is 2.71. The van der Waals surface area contributed by atoms with Gasteiger partial charge in [-0.3, -0.25) is 0 Å². The Hall–Kier alpha value is -0.920. The van der Waals surface area contributed by atoms with Crippen LogP contribution in [0.25, 0.3) is 0 Å². The van der Waals surface area contributed by atoms with Crippen LogP contribution in [-0.4, -0.2) is 10.1 Å². The van der Waals surface area contributed by atoms with Gasteiger partial charge in [-0.15, -0.1) is 0 Å². The second kappa shape index (κ2) is 4.24. The van der Waals surface area contributed by atoms with Crippen LogP contribution in [-0.2, 0) is 0 Å². The van der Waals surface area contributed by atoms with Crippen molar-refractivity contribution < 1.29 is 5.11 Å². The number of aromatic hydroxyl groups is 1. The fourth-order valence-corrected chi connectivity index (χ4v) is 0.315. The lowest BCUT2D eigenvalue weighted by atomic mass is 10.6. The molecule has 8 heavy (non-hydrogen) atoms. The maximum atomic E-state index is 8.44. The van der Waals surface area contributed by atoms with Crippen molar-refractivity contribution in [3.63, 3.8) is 0 Å². The largest absolute Gasteiger partial charge is 0.506 e. The zero-order valence-electron chi connectivity index (χ0n) is 5.18. The molecule has 0 aliphatic carbocycles. The highest BCUT2D eigenvalue weighted by Gasteiger charge is 1.76. The number of aromatic amines is 1. The number of aromatic nitrogens is 1. The highest BCUT2D eigenvalue weighted by molar-refractivity contribution is 5.12. The molecule has 1 heterocycles. The third-order valence-electron chi connectivity index (χ3n) is 0.582. The number of rotatable bonds is 0. The summed E-state index contributed by atoms with van der Waals surface area (Å²) in [7, 11) is 0. The molecule has 0 aliphatic heterocycles. The Morgan fingerprint density at radius 2 is 2.12 bits per heavy atom. The Bertz CT molecular complexity index is 112. The zero-order chi connectivity index (χ0) is 6.41. The van der Waals surface area contributed by atoms with Crippen LogP contribution in [0.3, 0.4) is 0 Å². The van der Waals surface area contributed by atoms with E-state index in [4.69, 9.17) is 5.11 Å². The van der Waals surface area contributed by atoms with Crippen molar-refractivity contribution in [1.82, 2.24) is 4.98 Å². The highest BCUT2D eigenvalue weighted by atomic mass is 16.3. The SMILES string of the molecule is CC.Oc1cc[nH]c1. The van der Waals surface area contributed by atoms with Crippen molar-refractivity contribution in [2.75, 3.05) is 0 Å². The van der Waals surface area contributed by atoms with Crippen LogP contribution in [0.1, 0.15) is 13.8 Å². The van der Waals surface area contributed by atoms with E-state index in [2.05, 4.69) is 4.98 Å². The van der Waals surface area contributed by atoms with Crippen molar-refractivity contribution in [3.05, 3.63) is 18.5 Å². The summed E-state index contributed by atoms with van der Waals surface area (Å²) in [5, 5.41) is 8.44. The van der Waals surface area contributed by atoms with E-state index >= 15 is 0 Å². The van der Waals surface area contributed by atoms with E-state index < -0.39 is 0 Å². The molecule has 46 valence electrons. The van der Waals surface area contributed by atoms with Gasteiger partial charge in [0.2, 0.25) is 0 Å². The number of H-pyrrole nitrogens is 1. The van der Waals surface area contributed by atoms with Crippen molar-refractivity contribution in [2.45, 2.75) is 13.8 Å². The predicted molar refractivity (Wildman–Crippen MR) is 33.8 cm³/mol. The van der Waals surface area contributed by atoms with E-state index in [1.165, 1.54) is 6.20 Å². The quantitative estimate of drug-likeness (QED) is 0.528. The second-order valence-electron chi connectivity index (χ2n) is 1.07. The number of hydrogen-bond donors (Lipinski definition) is 2. The van der Waals surface area contributed by atoms with Gasteiger partial charge in [0.25, 0.3) is 0 Å². The summed E-state index contributed by atoms with van der Waals surface area (Å²) in [6.07, 6.45) is 3.18. The van der Waals surface area contributed by atoms with Crippen LogP contribution < -0.4 is 0 Å². The molecule has 0 unspecified atom stereocenters. The van der Waals surface area contributed by atoms with Crippen molar-refractivity contribution in [3.8, 4) is 5.75 Å². The average molecular weight is 113 g/mol. The van der Waals surface area contributed by atoms with Gasteiger partial charge in [0.05, 0.1) is 0 Å². The lowest BCUT2D eigenvalue weighted by molar-refractivity contribution is 0.476. The van der Waals surface area contributed by atoms with Crippen LogP contribution in [0.4, 0.5) is 0 Å². The molecule has 2 N–H and O–H groups in total. The Balaban J connectivity index is 0.000000222. The molecule has 2 nitrogen and oxygen atoms in total. The lowest BCUT2D eigenvalue weighted by Gasteiger charge is -1.68. The third kappa shape index (κ3) is 2.29. The van der Waals surface area contributed by atoms with Crippen LogP contribution in [0, 0.1) is 0 Å². The molecule has 1 rings (SSSR count). The predicted octanol–water partition coefficient (Wildman–Crippen LogP) is 1.75. The maximum Gasteiger partial charge on any atom is 0.132 e. The first-order valence-electron chi connectivity index (χ1n) is 2.71. The smallest absolute Gasteiger partial charge is 0.132 e. The zero-order valence-corrected chi connectivity index (χ0v) is 5.18. The normalized spacial score (nSPS) is 7.25. The Morgan fingerprint density at radius 1 is 1.50 bits per heavy atom. The molecule has 0 fully saturated rings. The number of hydrogen-bond acceptors (Lipinski definition) is 1. The molecule has 0 spiro atoms. The summed E-state index contributed by atoms with van der Waals surface area (Å²) in [6, 6.07) is 1.58. The van der Waals surface area contributed by atoms with Crippen molar-refractivity contribution in [2.24, 2.45) is 0 Å². The van der Waals surface area contributed by atoms with Gasteiger partial charge in [0, 0.05) is 12.4 Å². The standard InChI is InChI=1S/C4H5NO.C2H6/c6-4-1-2-5-3-4;1-2/h1-3,5-6H;1-2H3. The molecule has 0 aromatic carbocycles. The molecule has 0 saturated carbocycles.